The summed E-state index contributed by atoms with van der Waals surface area (Å²) >= 11 is 6.10. The lowest BCUT2D eigenvalue weighted by Gasteiger charge is -2.35. The number of rotatable bonds is 2. The van der Waals surface area contributed by atoms with Gasteiger partial charge in [-0.15, -0.1) is 0 Å². The molecule has 2 rings (SSSR count). The molecule has 6 heteroatoms. The normalized spacial score (nSPS) is 20.5. The quantitative estimate of drug-likeness (QED) is 0.877. The van der Waals surface area contributed by atoms with Gasteiger partial charge in [-0.25, -0.2) is 4.68 Å². The third-order valence-electron chi connectivity index (χ3n) is 3.44. The Balaban J connectivity index is 2.43. The summed E-state index contributed by atoms with van der Waals surface area (Å²) in [6.45, 7) is 4.33. The summed E-state index contributed by atoms with van der Waals surface area (Å²) in [6.07, 6.45) is 3.45. The molecular formula is C12H18ClN3O2. The maximum Gasteiger partial charge on any atom is 0.287 e. The Morgan fingerprint density at radius 1 is 1.56 bits per heavy atom. The lowest BCUT2D eigenvalue weighted by atomic mass is 9.96. The van der Waals surface area contributed by atoms with Gasteiger partial charge in [-0.05, 0) is 26.7 Å². The van der Waals surface area contributed by atoms with E-state index in [0.717, 1.165) is 19.4 Å². The highest BCUT2D eigenvalue weighted by molar-refractivity contribution is 6.33. The molecule has 1 aromatic heterocycles. The highest BCUT2D eigenvalue weighted by Gasteiger charge is 2.37. The van der Waals surface area contributed by atoms with Gasteiger partial charge in [-0.1, -0.05) is 11.6 Å². The monoisotopic (exact) mass is 271 g/mol. The zero-order chi connectivity index (χ0) is 13.5. The van der Waals surface area contributed by atoms with Crippen LogP contribution in [0, 0.1) is 0 Å². The van der Waals surface area contributed by atoms with Crippen LogP contribution >= 0.6 is 11.6 Å². The van der Waals surface area contributed by atoms with E-state index in [1.54, 1.807) is 27.1 Å². The number of aromatic nitrogens is 2. The van der Waals surface area contributed by atoms with Gasteiger partial charge in [0.05, 0.1) is 23.5 Å². The van der Waals surface area contributed by atoms with E-state index in [1.165, 1.54) is 4.68 Å². The Labute approximate surface area is 111 Å². The molecule has 1 saturated heterocycles. The minimum atomic E-state index is -0.832. The predicted molar refractivity (Wildman–Crippen MR) is 71.2 cm³/mol. The first-order valence-corrected chi connectivity index (χ1v) is 6.41. The largest absolute Gasteiger partial charge is 0.388 e. The minimum Gasteiger partial charge on any atom is -0.388 e. The maximum absolute atomic E-state index is 11.8. The number of anilines is 1. The van der Waals surface area contributed by atoms with Crippen LogP contribution in [-0.2, 0) is 7.05 Å². The molecule has 0 radical (unpaired) electrons. The summed E-state index contributed by atoms with van der Waals surface area (Å²) in [6, 6.07) is -0.0380. The SMILES string of the molecule is Cn1ncc(N2CCCC2C(C)(C)O)c(Cl)c1=O. The number of halogens is 1. The third kappa shape index (κ3) is 2.24. The molecule has 1 fully saturated rings. The van der Waals surface area contributed by atoms with Crippen molar-refractivity contribution in [3.05, 3.63) is 21.6 Å². The van der Waals surface area contributed by atoms with E-state index in [2.05, 4.69) is 5.10 Å². The Kier molecular flexibility index (Phi) is 3.38. The molecule has 0 bridgehead atoms. The molecule has 0 aromatic carbocycles. The number of hydrogen-bond acceptors (Lipinski definition) is 4. The minimum absolute atomic E-state index is 0.0380. The van der Waals surface area contributed by atoms with E-state index < -0.39 is 5.60 Å². The van der Waals surface area contributed by atoms with Crippen molar-refractivity contribution in [1.29, 1.82) is 0 Å². The number of hydrogen-bond donors (Lipinski definition) is 1. The van der Waals surface area contributed by atoms with E-state index >= 15 is 0 Å². The zero-order valence-corrected chi connectivity index (χ0v) is 11.6. The Hall–Kier alpha value is -1.07. The molecule has 1 aliphatic rings. The van der Waals surface area contributed by atoms with Crippen molar-refractivity contribution in [3.8, 4) is 0 Å². The van der Waals surface area contributed by atoms with Crippen molar-refractivity contribution in [2.24, 2.45) is 7.05 Å². The lowest BCUT2D eigenvalue weighted by Crippen LogP contribution is -2.46. The van der Waals surface area contributed by atoms with Crippen LogP contribution < -0.4 is 10.5 Å². The van der Waals surface area contributed by atoms with E-state index in [-0.39, 0.29) is 16.6 Å². The number of aryl methyl sites for hydroxylation is 1. The summed E-state index contributed by atoms with van der Waals surface area (Å²) in [5.74, 6) is 0. The molecule has 5 nitrogen and oxygen atoms in total. The van der Waals surface area contributed by atoms with Gasteiger partial charge in [0.25, 0.3) is 5.56 Å². The second-order valence-electron chi connectivity index (χ2n) is 5.28. The molecule has 1 atom stereocenters. The molecular weight excluding hydrogens is 254 g/mol. The van der Waals surface area contributed by atoms with E-state index in [1.807, 2.05) is 4.90 Å². The van der Waals surface area contributed by atoms with Gasteiger partial charge >= 0.3 is 0 Å². The molecule has 0 saturated carbocycles. The first kappa shape index (κ1) is 13.4. The molecule has 1 aromatic rings. The predicted octanol–water partition coefficient (Wildman–Crippen LogP) is 1.17. The lowest BCUT2D eigenvalue weighted by molar-refractivity contribution is 0.0534. The number of aliphatic hydroxyl groups is 1. The van der Waals surface area contributed by atoms with Crippen molar-refractivity contribution >= 4 is 17.3 Å². The van der Waals surface area contributed by atoms with Crippen molar-refractivity contribution in [3.63, 3.8) is 0 Å². The van der Waals surface area contributed by atoms with Crippen molar-refractivity contribution in [2.45, 2.75) is 38.3 Å². The van der Waals surface area contributed by atoms with Crippen LogP contribution in [0.25, 0.3) is 0 Å². The van der Waals surface area contributed by atoms with Gasteiger partial charge in [0.1, 0.15) is 5.02 Å². The van der Waals surface area contributed by atoms with E-state index in [0.29, 0.717) is 5.69 Å². The highest BCUT2D eigenvalue weighted by Crippen LogP contribution is 2.33. The van der Waals surface area contributed by atoms with E-state index in [4.69, 9.17) is 11.6 Å². The molecule has 1 N–H and O–H groups in total. The molecule has 0 spiro atoms. The molecule has 1 aliphatic heterocycles. The van der Waals surface area contributed by atoms with Crippen LogP contribution in [-0.4, -0.2) is 33.1 Å². The summed E-state index contributed by atoms with van der Waals surface area (Å²) in [5.41, 5.74) is -0.527. The number of nitrogens with zero attached hydrogens (tertiary/aromatic N) is 3. The average molecular weight is 272 g/mol. The van der Waals surface area contributed by atoms with Crippen LogP contribution in [0.4, 0.5) is 5.69 Å². The first-order chi connectivity index (χ1) is 8.32. The topological polar surface area (TPSA) is 58.4 Å². The van der Waals surface area contributed by atoms with Gasteiger partial charge < -0.3 is 10.0 Å². The molecule has 1 unspecified atom stereocenters. The van der Waals surface area contributed by atoms with Crippen LogP contribution in [0.2, 0.25) is 5.02 Å². The Morgan fingerprint density at radius 3 is 2.83 bits per heavy atom. The Morgan fingerprint density at radius 2 is 2.22 bits per heavy atom. The fourth-order valence-electron chi connectivity index (χ4n) is 2.49. The van der Waals surface area contributed by atoms with Gasteiger partial charge in [0, 0.05) is 13.6 Å². The van der Waals surface area contributed by atoms with Crippen LogP contribution in [0.3, 0.4) is 0 Å². The van der Waals surface area contributed by atoms with Gasteiger partial charge in [0.15, 0.2) is 0 Å². The molecule has 2 heterocycles. The fourth-order valence-corrected chi connectivity index (χ4v) is 2.77. The van der Waals surface area contributed by atoms with Gasteiger partial charge in [-0.2, -0.15) is 5.10 Å². The maximum atomic E-state index is 11.8. The Bertz CT molecular complexity index is 507. The molecule has 18 heavy (non-hydrogen) atoms. The smallest absolute Gasteiger partial charge is 0.287 e. The third-order valence-corrected chi connectivity index (χ3v) is 3.79. The van der Waals surface area contributed by atoms with Crippen molar-refractivity contribution in [1.82, 2.24) is 9.78 Å². The summed E-state index contributed by atoms with van der Waals surface area (Å²) < 4.78 is 1.21. The van der Waals surface area contributed by atoms with Crippen LogP contribution in [0.1, 0.15) is 26.7 Å². The highest BCUT2D eigenvalue weighted by atomic mass is 35.5. The zero-order valence-electron chi connectivity index (χ0n) is 10.9. The first-order valence-electron chi connectivity index (χ1n) is 6.03. The molecule has 0 aliphatic carbocycles. The van der Waals surface area contributed by atoms with Crippen molar-refractivity contribution < 1.29 is 5.11 Å². The van der Waals surface area contributed by atoms with Crippen LogP contribution in [0.15, 0.2) is 11.0 Å². The van der Waals surface area contributed by atoms with Crippen LogP contribution in [0.5, 0.6) is 0 Å². The molecule has 100 valence electrons. The molecule has 0 amide bonds. The average Bonchev–Trinajstić information content (AvgIpc) is 2.74. The second-order valence-corrected chi connectivity index (χ2v) is 5.66. The van der Waals surface area contributed by atoms with Gasteiger partial charge in [0.2, 0.25) is 0 Å². The van der Waals surface area contributed by atoms with E-state index in [9.17, 15) is 9.90 Å². The van der Waals surface area contributed by atoms with Gasteiger partial charge in [-0.3, -0.25) is 4.79 Å². The van der Waals surface area contributed by atoms with Crippen molar-refractivity contribution in [2.75, 3.05) is 11.4 Å². The summed E-state index contributed by atoms with van der Waals surface area (Å²) in [5, 5.41) is 14.3. The summed E-state index contributed by atoms with van der Waals surface area (Å²) in [7, 11) is 1.56. The fraction of sp³-hybridized carbons (Fsp3) is 0.667. The second kappa shape index (κ2) is 4.55. The summed E-state index contributed by atoms with van der Waals surface area (Å²) in [4.78, 5) is 13.8. The standard InChI is InChI=1S/C12H18ClN3O2/c1-12(2,18)9-5-4-6-16(9)8-7-14-15(3)11(17)10(8)13/h7,9,18H,4-6H2,1-3H3.